The minimum absolute atomic E-state index is 0.212. The third-order valence-corrected chi connectivity index (χ3v) is 2.46. The summed E-state index contributed by atoms with van der Waals surface area (Å²) < 4.78 is 4.97. The summed E-state index contributed by atoms with van der Waals surface area (Å²) in [6, 6.07) is 9.25. The smallest absolute Gasteiger partial charge is 0.163 e. The number of hydrogen-bond donors (Lipinski definition) is 2. The lowest BCUT2D eigenvalue weighted by molar-refractivity contribution is 0.646. The fraction of sp³-hybridized carbons (Fsp3) is 0. The fourth-order valence-electron chi connectivity index (χ4n) is 1.38. The van der Waals surface area contributed by atoms with Crippen molar-refractivity contribution in [2.75, 3.05) is 5.73 Å². The summed E-state index contributed by atoms with van der Waals surface area (Å²) in [5.74, 6) is 0.934. The van der Waals surface area contributed by atoms with Crippen LogP contribution in [0.4, 0.5) is 5.82 Å². The van der Waals surface area contributed by atoms with Crippen LogP contribution >= 0.6 is 9.47 Å². The number of rotatable bonds is 2. The maximum Gasteiger partial charge on any atom is 0.163 e. The molecule has 2 rings (SSSR count). The first kappa shape index (κ1) is 10.5. The molecule has 0 saturated heterocycles. The predicted molar refractivity (Wildman–Crippen MR) is 63.5 cm³/mol. The van der Waals surface area contributed by atoms with Crippen molar-refractivity contribution >= 4 is 15.3 Å². The van der Waals surface area contributed by atoms with E-state index in [0.29, 0.717) is 11.3 Å². The molecule has 1 heterocycles. The number of nitrogens with one attached hydrogen (secondary N) is 1. The molecule has 0 spiro atoms. The highest BCUT2D eigenvalue weighted by atomic mass is 31.0. The number of nitriles is 1. The molecule has 5 nitrogen and oxygen atoms in total. The molecule has 0 aliphatic heterocycles. The zero-order valence-electron chi connectivity index (χ0n) is 8.27. The van der Waals surface area contributed by atoms with Gasteiger partial charge in [0.15, 0.2) is 5.82 Å². The molecule has 1 atom stereocenters. The van der Waals surface area contributed by atoms with Gasteiger partial charge in [0.2, 0.25) is 0 Å². The second-order valence-corrected chi connectivity index (χ2v) is 3.35. The van der Waals surface area contributed by atoms with E-state index in [1.165, 1.54) is 0 Å². The molecule has 1 aromatic carbocycles. The minimum Gasteiger partial charge on any atom is -0.480 e. The number of aromatic nitrogens is 2. The van der Waals surface area contributed by atoms with E-state index in [4.69, 9.17) is 15.5 Å². The number of nitrogen functional groups attached to an aromatic ring is 1. The van der Waals surface area contributed by atoms with E-state index in [-0.39, 0.29) is 5.82 Å². The number of anilines is 1. The van der Waals surface area contributed by atoms with Crippen molar-refractivity contribution < 1.29 is 4.52 Å². The summed E-state index contributed by atoms with van der Waals surface area (Å²) in [6.45, 7) is 0. The zero-order valence-corrected chi connectivity index (χ0v) is 9.42. The van der Waals surface area contributed by atoms with E-state index in [9.17, 15) is 0 Å². The Morgan fingerprint density at radius 2 is 2.06 bits per heavy atom. The van der Waals surface area contributed by atoms with Crippen LogP contribution in [0.5, 0.6) is 5.75 Å². The van der Waals surface area contributed by atoms with Gasteiger partial charge in [-0.2, -0.15) is 10.4 Å². The van der Waals surface area contributed by atoms with Gasteiger partial charge >= 0.3 is 0 Å². The molecule has 0 radical (unpaired) electrons. The van der Waals surface area contributed by atoms with Gasteiger partial charge in [0, 0.05) is 5.56 Å². The Hall–Kier alpha value is -2.05. The summed E-state index contributed by atoms with van der Waals surface area (Å²) in [7, 11) is 2.17. The normalized spacial score (nSPS) is 9.75. The molecular weight excluding hydrogens is 223 g/mol. The van der Waals surface area contributed by atoms with Crippen molar-refractivity contribution in [3.05, 3.63) is 29.8 Å². The second kappa shape index (κ2) is 4.21. The first-order chi connectivity index (χ1) is 7.76. The van der Waals surface area contributed by atoms with Gasteiger partial charge in [-0.15, -0.1) is 0 Å². The Labute approximate surface area is 94.5 Å². The van der Waals surface area contributed by atoms with Crippen LogP contribution in [-0.4, -0.2) is 10.2 Å². The lowest BCUT2D eigenvalue weighted by Crippen LogP contribution is -1.87. The summed E-state index contributed by atoms with van der Waals surface area (Å²) in [6.07, 6.45) is 0. The van der Waals surface area contributed by atoms with Crippen LogP contribution in [0.3, 0.4) is 0 Å². The average molecular weight is 232 g/mol. The van der Waals surface area contributed by atoms with E-state index in [1.807, 2.05) is 18.2 Å². The quantitative estimate of drug-likeness (QED) is 0.771. The molecule has 16 heavy (non-hydrogen) atoms. The summed E-state index contributed by atoms with van der Waals surface area (Å²) in [4.78, 5) is 0. The van der Waals surface area contributed by atoms with Gasteiger partial charge in [-0.25, -0.2) is 0 Å². The second-order valence-electron chi connectivity index (χ2n) is 3.11. The summed E-state index contributed by atoms with van der Waals surface area (Å²) >= 11 is 0. The minimum atomic E-state index is 0.212. The SMILES string of the molecule is N#Cc1c(N)n[nH]c1-c1ccc(OP)cc1. The van der Waals surface area contributed by atoms with Gasteiger partial charge in [0.05, 0.1) is 15.2 Å². The molecule has 1 unspecified atom stereocenters. The number of hydrogen-bond acceptors (Lipinski definition) is 4. The molecule has 0 fully saturated rings. The van der Waals surface area contributed by atoms with Gasteiger partial charge in [-0.1, -0.05) is 0 Å². The standard InChI is InChI=1S/C10H9N4OP/c11-5-8-9(13-14-10(8)12)6-1-3-7(15-16)4-2-6/h1-4H,16H2,(H3,12,13,14). The highest BCUT2D eigenvalue weighted by Crippen LogP contribution is 2.26. The Kier molecular flexibility index (Phi) is 2.76. The molecule has 6 heteroatoms. The van der Waals surface area contributed by atoms with Crippen LogP contribution in [0, 0.1) is 11.3 Å². The molecule has 0 amide bonds. The number of nitrogens with zero attached hydrogens (tertiary/aromatic N) is 2. The third-order valence-electron chi connectivity index (χ3n) is 2.19. The topological polar surface area (TPSA) is 87.7 Å². The molecule has 3 N–H and O–H groups in total. The first-order valence-corrected chi connectivity index (χ1v) is 4.94. The maximum absolute atomic E-state index is 8.93. The van der Waals surface area contributed by atoms with Crippen LogP contribution in [-0.2, 0) is 0 Å². The van der Waals surface area contributed by atoms with E-state index in [0.717, 1.165) is 11.3 Å². The van der Waals surface area contributed by atoms with E-state index < -0.39 is 0 Å². The van der Waals surface area contributed by atoms with E-state index in [2.05, 4.69) is 19.7 Å². The van der Waals surface area contributed by atoms with Crippen LogP contribution in [0.2, 0.25) is 0 Å². The zero-order chi connectivity index (χ0) is 11.5. The molecule has 1 aromatic heterocycles. The Morgan fingerprint density at radius 3 is 2.62 bits per heavy atom. The summed E-state index contributed by atoms with van der Waals surface area (Å²) in [5.41, 5.74) is 7.37. The van der Waals surface area contributed by atoms with Crippen LogP contribution in [0.1, 0.15) is 5.56 Å². The maximum atomic E-state index is 8.93. The van der Waals surface area contributed by atoms with E-state index in [1.54, 1.807) is 12.1 Å². The van der Waals surface area contributed by atoms with Gasteiger partial charge in [0.1, 0.15) is 17.4 Å². The van der Waals surface area contributed by atoms with Crippen molar-refractivity contribution in [3.8, 4) is 23.1 Å². The van der Waals surface area contributed by atoms with Gasteiger partial charge in [-0.3, -0.25) is 5.10 Å². The predicted octanol–water partition coefficient (Wildman–Crippen LogP) is 1.70. The molecule has 2 aromatic rings. The van der Waals surface area contributed by atoms with Crippen LogP contribution < -0.4 is 10.3 Å². The highest BCUT2D eigenvalue weighted by molar-refractivity contribution is 7.10. The lowest BCUT2D eigenvalue weighted by Gasteiger charge is -2.01. The Morgan fingerprint density at radius 1 is 1.38 bits per heavy atom. The Bertz CT molecular complexity index is 541. The van der Waals surface area contributed by atoms with Crippen molar-refractivity contribution in [2.45, 2.75) is 0 Å². The van der Waals surface area contributed by atoms with E-state index >= 15 is 0 Å². The molecule has 0 aliphatic carbocycles. The number of H-pyrrole nitrogens is 1. The van der Waals surface area contributed by atoms with Crippen molar-refractivity contribution in [3.63, 3.8) is 0 Å². The first-order valence-electron chi connectivity index (χ1n) is 4.47. The fourth-order valence-corrected chi connectivity index (χ4v) is 1.54. The Balaban J connectivity index is 2.47. The lowest BCUT2D eigenvalue weighted by atomic mass is 10.1. The van der Waals surface area contributed by atoms with Crippen molar-refractivity contribution in [1.29, 1.82) is 5.26 Å². The van der Waals surface area contributed by atoms with Crippen LogP contribution in [0.25, 0.3) is 11.3 Å². The molecule has 0 saturated carbocycles. The van der Waals surface area contributed by atoms with Crippen LogP contribution in [0.15, 0.2) is 24.3 Å². The van der Waals surface area contributed by atoms with Gasteiger partial charge in [0.25, 0.3) is 0 Å². The summed E-state index contributed by atoms with van der Waals surface area (Å²) in [5, 5.41) is 15.5. The molecule has 80 valence electrons. The third kappa shape index (κ3) is 1.71. The highest BCUT2D eigenvalue weighted by Gasteiger charge is 2.11. The van der Waals surface area contributed by atoms with Crippen molar-refractivity contribution in [2.24, 2.45) is 0 Å². The monoisotopic (exact) mass is 232 g/mol. The van der Waals surface area contributed by atoms with Crippen molar-refractivity contribution in [1.82, 2.24) is 10.2 Å². The largest absolute Gasteiger partial charge is 0.480 e. The average Bonchev–Trinajstić information content (AvgIpc) is 2.70. The van der Waals surface area contributed by atoms with Gasteiger partial charge < -0.3 is 10.3 Å². The molecule has 0 bridgehead atoms. The number of nitrogens with two attached hydrogens (primary N) is 1. The molecular formula is C10H9N4OP. The number of benzene rings is 1. The number of aromatic amines is 1. The molecule has 0 aliphatic rings. The van der Waals surface area contributed by atoms with Gasteiger partial charge in [-0.05, 0) is 24.3 Å².